The van der Waals surface area contributed by atoms with E-state index >= 15 is 0 Å². The molecule has 0 saturated carbocycles. The van der Waals surface area contributed by atoms with E-state index in [9.17, 15) is 10.0 Å². The summed E-state index contributed by atoms with van der Waals surface area (Å²) in [5.74, 6) is -0.142. The molecule has 1 amide bonds. The van der Waals surface area contributed by atoms with Crippen molar-refractivity contribution in [3.05, 3.63) is 35.2 Å². The van der Waals surface area contributed by atoms with Crippen LogP contribution in [0.2, 0.25) is 0 Å². The highest BCUT2D eigenvalue weighted by Crippen LogP contribution is 2.35. The Bertz CT molecular complexity index is 882. The van der Waals surface area contributed by atoms with E-state index in [1.165, 1.54) is 0 Å². The van der Waals surface area contributed by atoms with Gasteiger partial charge < -0.3 is 19.9 Å². The van der Waals surface area contributed by atoms with E-state index in [1.54, 1.807) is 0 Å². The summed E-state index contributed by atoms with van der Waals surface area (Å²) in [7, 11) is 0. The van der Waals surface area contributed by atoms with E-state index in [2.05, 4.69) is 31.2 Å². The van der Waals surface area contributed by atoms with Gasteiger partial charge in [0.05, 0.1) is 25.3 Å². The van der Waals surface area contributed by atoms with Crippen LogP contribution in [-0.2, 0) is 4.74 Å². The number of hydrogen-bond acceptors (Lipinski definition) is 4. The van der Waals surface area contributed by atoms with Crippen molar-refractivity contribution in [2.75, 3.05) is 19.8 Å². The molecule has 2 saturated heterocycles. The number of piperidine rings is 1. The SMILES string of the molecule is CCCC[N+]1([O-])[C@@H]2COC[C@H]1C[C@@H](NC(=O)c1nn(C(C)CC)c3ccccc13)C2. The summed E-state index contributed by atoms with van der Waals surface area (Å²) in [6.45, 7) is 7.98. The number of hydroxylamine groups is 3. The fourth-order valence-electron chi connectivity index (χ4n) is 5.04. The number of quaternary nitrogens is 1. The Hall–Kier alpha value is -1.96. The molecule has 2 unspecified atom stereocenters. The number of nitrogens with zero attached hydrogens (tertiary/aromatic N) is 3. The van der Waals surface area contributed by atoms with E-state index in [4.69, 9.17) is 4.74 Å². The lowest BCUT2D eigenvalue weighted by Crippen LogP contribution is -2.69. The van der Waals surface area contributed by atoms with Crippen LogP contribution < -0.4 is 5.32 Å². The molecule has 0 spiro atoms. The van der Waals surface area contributed by atoms with Gasteiger partial charge in [0.1, 0.15) is 12.1 Å². The van der Waals surface area contributed by atoms with E-state index in [0.717, 1.165) is 30.2 Å². The maximum Gasteiger partial charge on any atom is 0.272 e. The minimum atomic E-state index is -0.147. The fourth-order valence-corrected chi connectivity index (χ4v) is 5.04. The molecule has 3 heterocycles. The van der Waals surface area contributed by atoms with Gasteiger partial charge in [-0.05, 0) is 25.8 Å². The zero-order chi connectivity index (χ0) is 21.3. The normalized spacial score (nSPS) is 29.7. The lowest BCUT2D eigenvalue weighted by Gasteiger charge is -2.60. The second-order valence-corrected chi connectivity index (χ2v) is 8.99. The Kier molecular flexibility index (Phi) is 6.14. The second-order valence-electron chi connectivity index (χ2n) is 8.99. The van der Waals surface area contributed by atoms with Crippen LogP contribution in [-0.4, -0.2) is 58.2 Å². The van der Waals surface area contributed by atoms with Gasteiger partial charge in [-0.2, -0.15) is 5.10 Å². The van der Waals surface area contributed by atoms with Crippen molar-refractivity contribution in [1.82, 2.24) is 15.1 Å². The lowest BCUT2D eigenvalue weighted by atomic mass is 9.88. The van der Waals surface area contributed by atoms with Crippen LogP contribution in [0.5, 0.6) is 0 Å². The van der Waals surface area contributed by atoms with Gasteiger partial charge >= 0.3 is 0 Å². The Morgan fingerprint density at radius 1 is 1.30 bits per heavy atom. The van der Waals surface area contributed by atoms with Crippen molar-refractivity contribution < 1.29 is 14.2 Å². The summed E-state index contributed by atoms with van der Waals surface area (Å²) < 4.78 is 7.51. The van der Waals surface area contributed by atoms with Crippen molar-refractivity contribution in [2.45, 2.75) is 77.0 Å². The zero-order valence-electron chi connectivity index (χ0n) is 18.3. The summed E-state index contributed by atoms with van der Waals surface area (Å²) in [6.07, 6.45) is 4.24. The van der Waals surface area contributed by atoms with Crippen LogP contribution in [0, 0.1) is 5.21 Å². The number of carbonyl (C=O) groups excluding carboxylic acids is 1. The van der Waals surface area contributed by atoms with Crippen molar-refractivity contribution in [3.63, 3.8) is 0 Å². The molecule has 30 heavy (non-hydrogen) atoms. The Balaban J connectivity index is 1.53. The van der Waals surface area contributed by atoms with Gasteiger partial charge in [-0.3, -0.25) is 9.48 Å². The predicted octanol–water partition coefficient (Wildman–Crippen LogP) is 3.78. The molecule has 0 radical (unpaired) electrons. The smallest absolute Gasteiger partial charge is 0.272 e. The second kappa shape index (κ2) is 8.65. The fraction of sp³-hybridized carbons (Fsp3) is 0.652. The molecule has 164 valence electrons. The number of amides is 1. The van der Waals surface area contributed by atoms with Crippen molar-refractivity contribution in [3.8, 4) is 0 Å². The summed E-state index contributed by atoms with van der Waals surface area (Å²) in [5, 5.41) is 22.3. The molecular weight excluding hydrogens is 380 g/mol. The molecule has 4 rings (SSSR count). The molecule has 2 bridgehead atoms. The number of carbonyl (C=O) groups is 1. The molecule has 2 aliphatic heterocycles. The van der Waals surface area contributed by atoms with Gasteiger partial charge in [0.25, 0.3) is 5.91 Å². The molecule has 2 fully saturated rings. The molecule has 1 aromatic carbocycles. The third kappa shape index (κ3) is 3.74. The first-order valence-corrected chi connectivity index (χ1v) is 11.4. The average molecular weight is 415 g/mol. The number of ether oxygens (including phenoxy) is 1. The van der Waals surface area contributed by atoms with Gasteiger partial charge in [0.2, 0.25) is 0 Å². The van der Waals surface area contributed by atoms with Crippen LogP contribution in [0.15, 0.2) is 24.3 Å². The highest BCUT2D eigenvalue weighted by molar-refractivity contribution is 6.05. The largest absolute Gasteiger partial charge is 0.632 e. The highest BCUT2D eigenvalue weighted by atomic mass is 16.6. The predicted molar refractivity (Wildman–Crippen MR) is 117 cm³/mol. The number of hydrogen-bond donors (Lipinski definition) is 1. The van der Waals surface area contributed by atoms with E-state index < -0.39 is 0 Å². The van der Waals surface area contributed by atoms with Crippen LogP contribution in [0.1, 0.15) is 69.4 Å². The Labute approximate surface area is 178 Å². The van der Waals surface area contributed by atoms with Gasteiger partial charge in [0.15, 0.2) is 5.69 Å². The number of unbranched alkanes of at least 4 members (excludes halogenated alkanes) is 1. The zero-order valence-corrected chi connectivity index (χ0v) is 18.3. The van der Waals surface area contributed by atoms with E-state index in [-0.39, 0.29) is 34.7 Å². The van der Waals surface area contributed by atoms with Crippen LogP contribution in [0.4, 0.5) is 0 Å². The monoisotopic (exact) mass is 414 g/mol. The van der Waals surface area contributed by atoms with Crippen LogP contribution in [0.25, 0.3) is 10.9 Å². The number of benzene rings is 1. The number of morpholine rings is 1. The van der Waals surface area contributed by atoms with Gasteiger partial charge in [-0.1, -0.05) is 38.5 Å². The Morgan fingerprint density at radius 2 is 2.00 bits per heavy atom. The van der Waals surface area contributed by atoms with Crippen molar-refractivity contribution in [2.24, 2.45) is 0 Å². The molecule has 2 aromatic rings. The van der Waals surface area contributed by atoms with Crippen LogP contribution in [0.3, 0.4) is 0 Å². The summed E-state index contributed by atoms with van der Waals surface area (Å²) in [4.78, 5) is 13.2. The number of rotatable bonds is 7. The average Bonchev–Trinajstić information content (AvgIpc) is 3.12. The number of fused-ring (bicyclic) bond motifs is 3. The quantitative estimate of drug-likeness (QED) is 0.552. The third-order valence-electron chi connectivity index (χ3n) is 7.00. The molecule has 5 atom stereocenters. The minimum absolute atomic E-state index is 0.00858. The summed E-state index contributed by atoms with van der Waals surface area (Å²) >= 11 is 0. The lowest BCUT2D eigenvalue weighted by molar-refractivity contribution is -0.943. The van der Waals surface area contributed by atoms with Gasteiger partial charge in [-0.25, -0.2) is 0 Å². The molecular formula is C23H34N4O3. The molecule has 7 nitrogen and oxygen atoms in total. The summed E-state index contributed by atoms with van der Waals surface area (Å²) in [5.41, 5.74) is 1.47. The maximum atomic E-state index is 13.5. The topological polar surface area (TPSA) is 79.2 Å². The number of para-hydroxylation sites is 1. The first-order valence-electron chi connectivity index (χ1n) is 11.4. The van der Waals surface area contributed by atoms with Crippen molar-refractivity contribution in [1.29, 1.82) is 0 Å². The van der Waals surface area contributed by atoms with E-state index in [1.807, 2.05) is 28.9 Å². The standard InChI is InChI=1S/C23H34N4O3/c1-4-6-11-27(29)18-12-17(13-19(27)15-30-14-18)24-23(28)22-20-9-7-8-10-21(20)26(25-22)16(3)5-2/h7-10,16-19H,4-6,11-15H2,1-3H3,(H,24,28)/t16?,17-,18-,19+,27?. The van der Waals surface area contributed by atoms with E-state index in [0.29, 0.717) is 38.3 Å². The first-order chi connectivity index (χ1) is 14.5. The molecule has 0 aliphatic carbocycles. The highest BCUT2D eigenvalue weighted by Gasteiger charge is 2.47. The Morgan fingerprint density at radius 3 is 2.67 bits per heavy atom. The third-order valence-corrected chi connectivity index (χ3v) is 7.00. The molecule has 1 N–H and O–H groups in total. The number of nitrogens with one attached hydrogen (secondary N) is 1. The first kappa shape index (κ1) is 21.3. The minimum Gasteiger partial charge on any atom is -0.632 e. The van der Waals surface area contributed by atoms with Gasteiger partial charge in [0, 0.05) is 30.3 Å². The van der Waals surface area contributed by atoms with Crippen LogP contribution >= 0.6 is 0 Å². The molecule has 7 heteroatoms. The molecule has 1 aromatic heterocycles. The maximum absolute atomic E-state index is 13.5. The van der Waals surface area contributed by atoms with Gasteiger partial charge in [-0.15, -0.1) is 0 Å². The summed E-state index contributed by atoms with van der Waals surface area (Å²) in [6, 6.07) is 7.93. The van der Waals surface area contributed by atoms with Crippen molar-refractivity contribution >= 4 is 16.8 Å². The molecule has 2 aliphatic rings. The number of aromatic nitrogens is 2.